The fraction of sp³-hybridized carbons (Fsp3) is 0.167. The number of carbonyl (C=O) groups is 1. The number of carboxylic acids is 1. The number of rotatable bonds is 3. The molecule has 0 spiro atoms. The van der Waals surface area contributed by atoms with Crippen molar-refractivity contribution in [2.75, 3.05) is 0 Å². The van der Waals surface area contributed by atoms with Crippen LogP contribution >= 0.6 is 0 Å². The van der Waals surface area contributed by atoms with Gasteiger partial charge in [0.05, 0.1) is 16.8 Å². The van der Waals surface area contributed by atoms with Gasteiger partial charge in [-0.15, -0.1) is 0 Å². The molecule has 0 aliphatic heterocycles. The van der Waals surface area contributed by atoms with Crippen molar-refractivity contribution in [2.45, 2.75) is 19.9 Å². The molecular formula is C18H16N2O4. The second-order valence-electron chi connectivity index (χ2n) is 5.79. The predicted octanol–water partition coefficient (Wildman–Crippen LogP) is 3.05. The van der Waals surface area contributed by atoms with Crippen molar-refractivity contribution in [2.24, 2.45) is 0 Å². The molecule has 24 heavy (non-hydrogen) atoms. The van der Waals surface area contributed by atoms with Gasteiger partial charge < -0.3 is 10.2 Å². The smallest absolute Gasteiger partial charge is 0.348 e. The Hall–Kier alpha value is -3.15. The largest absolute Gasteiger partial charge is 0.508 e. The van der Waals surface area contributed by atoms with Crippen LogP contribution in [0, 0.1) is 0 Å². The number of fused-ring (bicyclic) bond motifs is 1. The summed E-state index contributed by atoms with van der Waals surface area (Å²) in [5, 5.41) is 19.6. The number of hydrogen-bond acceptors (Lipinski definition) is 4. The first-order chi connectivity index (χ1) is 11.4. The average Bonchev–Trinajstić information content (AvgIpc) is 2.52. The Kier molecular flexibility index (Phi) is 3.81. The number of phenols is 1. The number of nitrogens with zero attached hydrogens (tertiary/aromatic N) is 2. The van der Waals surface area contributed by atoms with Gasteiger partial charge in [0.2, 0.25) is 0 Å². The number of aromatic carboxylic acids is 1. The monoisotopic (exact) mass is 324 g/mol. The number of phenolic OH excluding ortho intramolecular Hbond substituents is 1. The maximum atomic E-state index is 12.5. The molecule has 0 radical (unpaired) electrons. The van der Waals surface area contributed by atoms with E-state index >= 15 is 0 Å². The minimum Gasteiger partial charge on any atom is -0.508 e. The standard InChI is InChI=1S/C18H16N2O4/c1-10(2)20-15-9-12(17(22)23)6-7-14(15)16(19-18(20)24)11-4-3-5-13(21)8-11/h3-10,21H,1-2H3,(H,22,23). The molecule has 0 unspecified atom stereocenters. The quantitative estimate of drug-likeness (QED) is 0.772. The zero-order valence-electron chi connectivity index (χ0n) is 13.2. The maximum Gasteiger partial charge on any atom is 0.348 e. The SMILES string of the molecule is CC(C)n1c(=O)nc(-c2cccc(O)c2)c2ccc(C(=O)O)cc21. The number of carboxylic acid groups (broad SMARTS) is 1. The highest BCUT2D eigenvalue weighted by molar-refractivity contribution is 5.98. The summed E-state index contributed by atoms with van der Waals surface area (Å²) < 4.78 is 1.47. The molecule has 3 rings (SSSR count). The molecule has 0 bridgehead atoms. The van der Waals surface area contributed by atoms with Crippen molar-refractivity contribution in [3.05, 3.63) is 58.5 Å². The molecule has 2 aromatic carbocycles. The molecule has 1 aromatic heterocycles. The van der Waals surface area contributed by atoms with Crippen LogP contribution in [0.1, 0.15) is 30.2 Å². The van der Waals surface area contributed by atoms with E-state index in [0.29, 0.717) is 22.2 Å². The molecule has 0 fully saturated rings. The average molecular weight is 324 g/mol. The first kappa shape index (κ1) is 15.7. The third kappa shape index (κ3) is 2.62. The second kappa shape index (κ2) is 5.81. The van der Waals surface area contributed by atoms with Crippen LogP contribution in [-0.2, 0) is 0 Å². The summed E-state index contributed by atoms with van der Waals surface area (Å²) in [6, 6.07) is 10.9. The van der Waals surface area contributed by atoms with Gasteiger partial charge in [0.1, 0.15) is 5.75 Å². The number of benzene rings is 2. The Morgan fingerprint density at radius 1 is 1.17 bits per heavy atom. The van der Waals surface area contributed by atoms with E-state index in [1.165, 1.54) is 28.8 Å². The van der Waals surface area contributed by atoms with Crippen LogP contribution < -0.4 is 5.69 Å². The highest BCUT2D eigenvalue weighted by Gasteiger charge is 2.16. The maximum absolute atomic E-state index is 12.5. The summed E-state index contributed by atoms with van der Waals surface area (Å²) in [7, 11) is 0. The highest BCUT2D eigenvalue weighted by atomic mass is 16.4. The van der Waals surface area contributed by atoms with Crippen molar-refractivity contribution in [1.29, 1.82) is 0 Å². The minimum absolute atomic E-state index is 0.0673. The fourth-order valence-electron chi connectivity index (χ4n) is 2.75. The molecule has 1 heterocycles. The molecule has 0 atom stereocenters. The van der Waals surface area contributed by atoms with Gasteiger partial charge in [0.25, 0.3) is 0 Å². The molecule has 0 aliphatic rings. The lowest BCUT2D eigenvalue weighted by atomic mass is 10.0. The molecule has 0 saturated carbocycles. The van der Waals surface area contributed by atoms with Crippen molar-refractivity contribution >= 4 is 16.9 Å². The summed E-state index contributed by atoms with van der Waals surface area (Å²) in [6.07, 6.45) is 0. The Morgan fingerprint density at radius 3 is 2.54 bits per heavy atom. The highest BCUT2D eigenvalue weighted by Crippen LogP contribution is 2.29. The van der Waals surface area contributed by atoms with Gasteiger partial charge in [-0.1, -0.05) is 12.1 Å². The van der Waals surface area contributed by atoms with Gasteiger partial charge in [0, 0.05) is 17.0 Å². The number of hydrogen-bond donors (Lipinski definition) is 2. The van der Waals surface area contributed by atoms with Crippen LogP contribution in [0.25, 0.3) is 22.2 Å². The first-order valence-corrected chi connectivity index (χ1v) is 7.47. The summed E-state index contributed by atoms with van der Waals surface area (Å²) in [5.41, 5.74) is 1.15. The summed E-state index contributed by atoms with van der Waals surface area (Å²) in [6.45, 7) is 3.67. The van der Waals surface area contributed by atoms with E-state index in [2.05, 4.69) is 4.98 Å². The molecule has 0 amide bonds. The molecule has 6 nitrogen and oxygen atoms in total. The first-order valence-electron chi connectivity index (χ1n) is 7.47. The van der Waals surface area contributed by atoms with E-state index in [0.717, 1.165) is 0 Å². The van der Waals surface area contributed by atoms with Crippen molar-refractivity contribution in [3.63, 3.8) is 0 Å². The molecule has 0 aliphatic carbocycles. The van der Waals surface area contributed by atoms with Gasteiger partial charge in [-0.05, 0) is 44.2 Å². The van der Waals surface area contributed by atoms with E-state index in [9.17, 15) is 19.8 Å². The molecular weight excluding hydrogens is 308 g/mol. The van der Waals surface area contributed by atoms with Crippen LogP contribution in [0.15, 0.2) is 47.3 Å². The topological polar surface area (TPSA) is 92.4 Å². The second-order valence-corrected chi connectivity index (χ2v) is 5.79. The lowest BCUT2D eigenvalue weighted by Crippen LogP contribution is -2.25. The van der Waals surface area contributed by atoms with E-state index in [1.54, 1.807) is 18.2 Å². The van der Waals surface area contributed by atoms with Crippen LogP contribution in [0.4, 0.5) is 0 Å². The van der Waals surface area contributed by atoms with Crippen molar-refractivity contribution in [3.8, 4) is 17.0 Å². The van der Waals surface area contributed by atoms with E-state index < -0.39 is 11.7 Å². The molecule has 122 valence electrons. The van der Waals surface area contributed by atoms with E-state index in [-0.39, 0.29) is 17.4 Å². The van der Waals surface area contributed by atoms with Crippen LogP contribution in [0.2, 0.25) is 0 Å². The van der Waals surface area contributed by atoms with E-state index in [4.69, 9.17) is 0 Å². The number of aromatic nitrogens is 2. The summed E-state index contributed by atoms with van der Waals surface area (Å²) >= 11 is 0. The predicted molar refractivity (Wildman–Crippen MR) is 90.4 cm³/mol. The Morgan fingerprint density at radius 2 is 1.92 bits per heavy atom. The summed E-state index contributed by atoms with van der Waals surface area (Å²) in [4.78, 5) is 27.9. The molecule has 6 heteroatoms. The summed E-state index contributed by atoms with van der Waals surface area (Å²) in [5.74, 6) is -0.993. The zero-order valence-corrected chi connectivity index (χ0v) is 13.2. The Labute approximate surface area is 137 Å². The fourth-order valence-corrected chi connectivity index (χ4v) is 2.75. The lowest BCUT2D eigenvalue weighted by Gasteiger charge is -2.16. The van der Waals surface area contributed by atoms with Gasteiger partial charge in [-0.25, -0.2) is 9.59 Å². The third-order valence-corrected chi connectivity index (χ3v) is 3.81. The number of aromatic hydroxyl groups is 1. The van der Waals surface area contributed by atoms with Crippen LogP contribution in [0.3, 0.4) is 0 Å². The lowest BCUT2D eigenvalue weighted by molar-refractivity contribution is 0.0697. The van der Waals surface area contributed by atoms with Gasteiger partial charge >= 0.3 is 11.7 Å². The normalized spacial score (nSPS) is 11.1. The van der Waals surface area contributed by atoms with E-state index in [1.807, 2.05) is 13.8 Å². The molecule has 0 saturated heterocycles. The van der Waals surface area contributed by atoms with Gasteiger partial charge in [0.15, 0.2) is 0 Å². The minimum atomic E-state index is -1.06. The Bertz CT molecular complexity index is 1010. The Balaban J connectivity index is 2.43. The molecule has 2 N–H and O–H groups in total. The van der Waals surface area contributed by atoms with Gasteiger partial charge in [-0.2, -0.15) is 4.98 Å². The molecule has 3 aromatic rings. The van der Waals surface area contributed by atoms with Crippen molar-refractivity contribution < 1.29 is 15.0 Å². The zero-order chi connectivity index (χ0) is 17.4. The van der Waals surface area contributed by atoms with Gasteiger partial charge in [-0.3, -0.25) is 4.57 Å². The van der Waals surface area contributed by atoms with Crippen LogP contribution in [0.5, 0.6) is 5.75 Å². The van der Waals surface area contributed by atoms with Crippen molar-refractivity contribution in [1.82, 2.24) is 9.55 Å². The third-order valence-electron chi connectivity index (χ3n) is 3.81. The van der Waals surface area contributed by atoms with Crippen LogP contribution in [-0.4, -0.2) is 25.7 Å².